The van der Waals surface area contributed by atoms with Gasteiger partial charge in [-0.15, -0.1) is 0 Å². The molecule has 4 rings (SSSR count). The molecule has 0 unspecified atom stereocenters. The zero-order valence-electron chi connectivity index (χ0n) is 19.9. The van der Waals surface area contributed by atoms with Crippen LogP contribution in [-0.4, -0.2) is 41.1 Å². The zero-order chi connectivity index (χ0) is 24.3. The number of Topliss-reactive ketones (excluding diaryl/α,β-unsaturated/α-hetero) is 2. The van der Waals surface area contributed by atoms with E-state index < -0.39 is 50.2 Å². The summed E-state index contributed by atoms with van der Waals surface area (Å²) in [5, 5.41) is 11.1. The smallest absolute Gasteiger partial charge is 0.324 e. The summed E-state index contributed by atoms with van der Waals surface area (Å²) >= 11 is 0. The van der Waals surface area contributed by atoms with Gasteiger partial charge in [0.15, 0.2) is 28.4 Å². The number of fused-ring (bicyclic) bond motifs is 6. The Bertz CT molecular complexity index is 1060. The number of esters is 1. The number of methoxy groups -OCH3 is 1. The van der Waals surface area contributed by atoms with Gasteiger partial charge in [0.1, 0.15) is 0 Å². The first-order valence-corrected chi connectivity index (χ1v) is 11.1. The molecule has 0 amide bonds. The molecule has 0 aromatic carbocycles. The average Bonchev–Trinajstić information content (AvgIpc) is 2.71. The predicted molar refractivity (Wildman–Crippen MR) is 117 cm³/mol. The quantitative estimate of drug-likeness (QED) is 0.382. The van der Waals surface area contributed by atoms with E-state index >= 15 is 0 Å². The van der Waals surface area contributed by atoms with Crippen LogP contribution >= 0.6 is 0 Å². The summed E-state index contributed by atoms with van der Waals surface area (Å²) in [4.78, 5) is 53.7. The molecule has 32 heavy (non-hydrogen) atoms. The minimum absolute atomic E-state index is 0.00535. The van der Waals surface area contributed by atoms with E-state index in [4.69, 9.17) is 4.74 Å². The van der Waals surface area contributed by atoms with Crippen molar-refractivity contribution in [3.8, 4) is 0 Å². The molecule has 4 aliphatic rings. The minimum atomic E-state index is -2.33. The number of rotatable bonds is 1. The molecular weight excluding hydrogens is 408 g/mol. The van der Waals surface area contributed by atoms with Gasteiger partial charge in [-0.1, -0.05) is 38.2 Å². The van der Waals surface area contributed by atoms with Gasteiger partial charge < -0.3 is 9.84 Å². The lowest BCUT2D eigenvalue weighted by atomic mass is 9.32. The lowest BCUT2D eigenvalue weighted by Gasteiger charge is -2.68. The normalized spacial score (nSPS) is 46.9. The maximum absolute atomic E-state index is 13.9. The highest BCUT2D eigenvalue weighted by Gasteiger charge is 2.80. The van der Waals surface area contributed by atoms with Crippen LogP contribution in [0, 0.1) is 33.0 Å². The molecule has 6 atom stereocenters. The Morgan fingerprint density at radius 2 is 1.69 bits per heavy atom. The topological polar surface area (TPSA) is 97.7 Å². The molecule has 0 heterocycles. The Balaban J connectivity index is 2.11. The van der Waals surface area contributed by atoms with E-state index in [1.807, 2.05) is 39.8 Å². The molecule has 1 N–H and O–H groups in total. The van der Waals surface area contributed by atoms with Crippen LogP contribution in [0.3, 0.4) is 0 Å². The first kappa shape index (κ1) is 22.8. The van der Waals surface area contributed by atoms with Crippen molar-refractivity contribution in [2.75, 3.05) is 7.11 Å². The van der Waals surface area contributed by atoms with Gasteiger partial charge in [-0.05, 0) is 58.1 Å². The monoisotopic (exact) mass is 440 g/mol. The van der Waals surface area contributed by atoms with E-state index in [1.165, 1.54) is 14.0 Å². The third-order valence-electron chi connectivity index (χ3n) is 9.48. The summed E-state index contributed by atoms with van der Waals surface area (Å²) in [6.45, 7) is 14.6. The van der Waals surface area contributed by atoms with Crippen LogP contribution in [-0.2, 0) is 23.9 Å². The third kappa shape index (κ3) is 2.06. The van der Waals surface area contributed by atoms with Crippen LogP contribution < -0.4 is 0 Å². The molecule has 0 saturated heterocycles. The van der Waals surface area contributed by atoms with E-state index in [2.05, 4.69) is 6.58 Å². The van der Waals surface area contributed by atoms with Crippen molar-refractivity contribution in [3.63, 3.8) is 0 Å². The van der Waals surface area contributed by atoms with Gasteiger partial charge in [0.2, 0.25) is 0 Å². The SMILES string of the molecule is C=C1[C@@]2(C)C[C@@H]3[C@](C)(CC=C4C(C)(C)C(=O)C=C[C@]43C)[C@]1(C(=O)OC)C(=O)[C@@](C)(O)C2=O. The summed E-state index contributed by atoms with van der Waals surface area (Å²) in [5.41, 5.74) is -6.82. The number of allylic oxidation sites excluding steroid dienone is 4. The number of ether oxygens (including phenoxy) is 1. The number of hydrogen-bond donors (Lipinski definition) is 1. The number of carbonyl (C=O) groups is 4. The van der Waals surface area contributed by atoms with Crippen LogP contribution in [0.15, 0.2) is 36.0 Å². The van der Waals surface area contributed by atoms with Crippen molar-refractivity contribution >= 4 is 23.3 Å². The third-order valence-corrected chi connectivity index (χ3v) is 9.48. The van der Waals surface area contributed by atoms with Gasteiger partial charge in [-0.2, -0.15) is 0 Å². The van der Waals surface area contributed by atoms with Crippen LogP contribution in [0.1, 0.15) is 54.4 Å². The average molecular weight is 441 g/mol. The van der Waals surface area contributed by atoms with Crippen LogP contribution in [0.4, 0.5) is 0 Å². The van der Waals surface area contributed by atoms with Gasteiger partial charge in [0.05, 0.1) is 12.5 Å². The molecule has 172 valence electrons. The molecule has 0 aliphatic heterocycles. The van der Waals surface area contributed by atoms with E-state index in [0.717, 1.165) is 5.57 Å². The Kier molecular flexibility index (Phi) is 4.25. The van der Waals surface area contributed by atoms with Crippen molar-refractivity contribution in [3.05, 3.63) is 36.0 Å². The molecule has 0 aromatic rings. The standard InChI is InChI=1S/C26H32O6/c1-14-23(5)13-16-22(4)11-10-17(27)21(2,3)15(22)9-12-24(16,6)26(14,20(30)32-8)19(29)25(7,31)18(23)28/h9-11,16,31H,1,12-13H2,2-8H3/t16-,22+,23+,24-,25-,26-/m0/s1. The largest absolute Gasteiger partial charge is 0.468 e. The molecular formula is C26H32O6. The lowest BCUT2D eigenvalue weighted by Crippen LogP contribution is -2.76. The van der Waals surface area contributed by atoms with E-state index in [0.29, 0.717) is 12.8 Å². The van der Waals surface area contributed by atoms with Crippen molar-refractivity contribution in [1.29, 1.82) is 0 Å². The first-order valence-electron chi connectivity index (χ1n) is 11.1. The molecule has 2 fully saturated rings. The van der Waals surface area contributed by atoms with Gasteiger partial charge in [0, 0.05) is 16.2 Å². The van der Waals surface area contributed by atoms with Gasteiger partial charge >= 0.3 is 5.97 Å². The number of ketones is 3. The van der Waals surface area contributed by atoms with E-state index in [9.17, 15) is 24.3 Å². The Hall–Kier alpha value is -2.34. The molecule has 0 aromatic heterocycles. The van der Waals surface area contributed by atoms with Crippen molar-refractivity contribution in [1.82, 2.24) is 0 Å². The van der Waals surface area contributed by atoms with Crippen LogP contribution in [0.5, 0.6) is 0 Å². The van der Waals surface area contributed by atoms with Crippen molar-refractivity contribution < 1.29 is 29.0 Å². The fraction of sp³-hybridized carbons (Fsp3) is 0.615. The van der Waals surface area contributed by atoms with Crippen molar-refractivity contribution in [2.45, 2.75) is 60.0 Å². The molecule has 6 nitrogen and oxygen atoms in total. The molecule has 4 aliphatic carbocycles. The molecule has 0 spiro atoms. The number of aliphatic hydroxyl groups is 1. The molecule has 0 radical (unpaired) electrons. The number of carbonyl (C=O) groups excluding carboxylic acids is 4. The Labute approximate surface area is 188 Å². The molecule has 6 heteroatoms. The summed E-state index contributed by atoms with van der Waals surface area (Å²) in [7, 11) is 1.21. The van der Waals surface area contributed by atoms with Gasteiger partial charge in [-0.25, -0.2) is 0 Å². The van der Waals surface area contributed by atoms with E-state index in [1.54, 1.807) is 13.0 Å². The Morgan fingerprint density at radius 1 is 1.09 bits per heavy atom. The second kappa shape index (κ2) is 5.96. The van der Waals surface area contributed by atoms with Gasteiger partial charge in [0.25, 0.3) is 0 Å². The fourth-order valence-corrected chi connectivity index (χ4v) is 7.63. The molecule has 2 bridgehead atoms. The Morgan fingerprint density at radius 3 is 2.25 bits per heavy atom. The van der Waals surface area contributed by atoms with E-state index in [-0.39, 0.29) is 17.3 Å². The van der Waals surface area contributed by atoms with Crippen molar-refractivity contribution in [2.24, 2.45) is 33.0 Å². The highest BCUT2D eigenvalue weighted by molar-refractivity contribution is 6.26. The predicted octanol–water partition coefficient (Wildman–Crippen LogP) is 3.14. The summed E-state index contributed by atoms with van der Waals surface area (Å²) in [6.07, 6.45) is 6.02. The maximum atomic E-state index is 13.9. The maximum Gasteiger partial charge on any atom is 0.324 e. The number of hydrogen-bond acceptors (Lipinski definition) is 6. The summed E-state index contributed by atoms with van der Waals surface area (Å²) in [6, 6.07) is 0. The minimum Gasteiger partial charge on any atom is -0.468 e. The second-order valence-corrected chi connectivity index (χ2v) is 11.4. The first-order chi connectivity index (χ1) is 14.5. The fourth-order valence-electron chi connectivity index (χ4n) is 7.63. The second-order valence-electron chi connectivity index (χ2n) is 11.4. The highest BCUT2D eigenvalue weighted by Crippen LogP contribution is 2.74. The summed E-state index contributed by atoms with van der Waals surface area (Å²) < 4.78 is 5.19. The highest BCUT2D eigenvalue weighted by atomic mass is 16.5. The zero-order valence-corrected chi connectivity index (χ0v) is 19.9. The van der Waals surface area contributed by atoms with Gasteiger partial charge in [-0.3, -0.25) is 19.2 Å². The summed E-state index contributed by atoms with van der Waals surface area (Å²) in [5.74, 6) is -2.66. The molecule has 2 saturated carbocycles. The lowest BCUT2D eigenvalue weighted by molar-refractivity contribution is -0.199. The van der Waals surface area contributed by atoms with Crippen LogP contribution in [0.25, 0.3) is 0 Å². The van der Waals surface area contributed by atoms with Crippen LogP contribution in [0.2, 0.25) is 0 Å².